The molecule has 0 spiro atoms. The largest absolute Gasteiger partial charge is 0.379 e. The Bertz CT molecular complexity index is 441. The van der Waals surface area contributed by atoms with E-state index in [0.29, 0.717) is 19.8 Å². The van der Waals surface area contributed by atoms with E-state index in [-0.39, 0.29) is 11.8 Å². The average molecular weight is 344 g/mol. The van der Waals surface area contributed by atoms with Crippen molar-refractivity contribution in [2.75, 3.05) is 37.9 Å². The molecule has 0 N–H and O–H groups in total. The van der Waals surface area contributed by atoms with E-state index in [2.05, 4.69) is 28.1 Å². The first-order chi connectivity index (χ1) is 9.24. The van der Waals surface area contributed by atoms with Crippen LogP contribution in [0.2, 0.25) is 0 Å². The molecular formula is C14H18BrNO2S. The van der Waals surface area contributed by atoms with E-state index >= 15 is 0 Å². The van der Waals surface area contributed by atoms with Gasteiger partial charge in [0, 0.05) is 29.6 Å². The Kier molecular flexibility index (Phi) is 5.73. The molecule has 1 atom stereocenters. The number of fused-ring (bicyclic) bond motifs is 1. The molecule has 2 rings (SSSR count). The predicted molar refractivity (Wildman–Crippen MR) is 82.2 cm³/mol. The van der Waals surface area contributed by atoms with Crippen LogP contribution >= 0.6 is 27.7 Å². The number of nitrogens with zero attached hydrogens (tertiary/aromatic N) is 1. The topological polar surface area (TPSA) is 29.5 Å². The Morgan fingerprint density at radius 1 is 1.47 bits per heavy atom. The zero-order chi connectivity index (χ0) is 13.7. The molecule has 104 valence electrons. The highest BCUT2D eigenvalue weighted by Crippen LogP contribution is 2.39. The Morgan fingerprint density at radius 3 is 3.05 bits per heavy atom. The maximum absolute atomic E-state index is 12.4. The van der Waals surface area contributed by atoms with Gasteiger partial charge in [-0.15, -0.1) is 11.8 Å². The third kappa shape index (κ3) is 3.74. The summed E-state index contributed by atoms with van der Waals surface area (Å²) < 4.78 is 5.39. The Morgan fingerprint density at radius 2 is 2.26 bits per heavy atom. The molecule has 0 fully saturated rings. The van der Waals surface area contributed by atoms with E-state index in [1.165, 1.54) is 10.5 Å². The second-order valence-electron chi connectivity index (χ2n) is 4.46. The minimum Gasteiger partial charge on any atom is -0.379 e. The minimum absolute atomic E-state index is 0.00220. The van der Waals surface area contributed by atoms with E-state index in [9.17, 15) is 4.79 Å². The fourth-order valence-corrected chi connectivity index (χ4v) is 3.55. The Hall–Kier alpha value is -0.520. The summed E-state index contributed by atoms with van der Waals surface area (Å²) in [7, 11) is 1.85. The average Bonchev–Trinajstić information content (AvgIpc) is 2.86. The lowest BCUT2D eigenvalue weighted by Gasteiger charge is -2.21. The highest BCUT2D eigenvalue weighted by atomic mass is 79.9. The summed E-state index contributed by atoms with van der Waals surface area (Å²) in [6.45, 7) is 1.93. The molecule has 5 heteroatoms. The van der Waals surface area contributed by atoms with Gasteiger partial charge in [0.2, 0.25) is 5.91 Å². The molecular weight excluding hydrogens is 326 g/mol. The summed E-state index contributed by atoms with van der Waals surface area (Å²) in [5.41, 5.74) is 1.17. The van der Waals surface area contributed by atoms with Gasteiger partial charge in [-0.25, -0.2) is 0 Å². The third-order valence-corrected chi connectivity index (χ3v) is 4.67. The molecule has 1 aromatic rings. The van der Waals surface area contributed by atoms with Crippen molar-refractivity contribution in [3.8, 4) is 0 Å². The van der Waals surface area contributed by atoms with Gasteiger partial charge in [-0.1, -0.05) is 34.1 Å². The molecule has 1 aliphatic heterocycles. The van der Waals surface area contributed by atoms with Crippen molar-refractivity contribution in [3.05, 3.63) is 29.8 Å². The highest BCUT2D eigenvalue weighted by molar-refractivity contribution is 9.09. The van der Waals surface area contributed by atoms with Gasteiger partial charge in [-0.2, -0.15) is 0 Å². The molecule has 0 bridgehead atoms. The molecule has 1 aromatic carbocycles. The maximum Gasteiger partial charge on any atom is 0.230 e. The molecule has 0 saturated carbocycles. The number of rotatable bonds is 6. The molecule has 3 nitrogen and oxygen atoms in total. The third-order valence-electron chi connectivity index (χ3n) is 3.17. The first-order valence-electron chi connectivity index (χ1n) is 6.34. The number of hydrogen-bond acceptors (Lipinski definition) is 3. The van der Waals surface area contributed by atoms with E-state index in [4.69, 9.17) is 4.74 Å². The Labute approximate surface area is 126 Å². The maximum atomic E-state index is 12.4. The first kappa shape index (κ1) is 14.9. The van der Waals surface area contributed by atoms with Crippen molar-refractivity contribution in [3.63, 3.8) is 0 Å². The van der Waals surface area contributed by atoms with Gasteiger partial charge in [0.1, 0.15) is 0 Å². The van der Waals surface area contributed by atoms with Crippen LogP contribution in [-0.4, -0.2) is 48.7 Å². The second-order valence-corrected chi connectivity index (χ2v) is 6.32. The molecule has 0 radical (unpaired) electrons. The number of carbonyl (C=O) groups excluding carboxylic acids is 1. The fraction of sp³-hybridized carbons (Fsp3) is 0.500. The monoisotopic (exact) mass is 343 g/mol. The van der Waals surface area contributed by atoms with Crippen molar-refractivity contribution in [1.82, 2.24) is 4.90 Å². The van der Waals surface area contributed by atoms with Crippen LogP contribution < -0.4 is 0 Å². The van der Waals surface area contributed by atoms with Crippen molar-refractivity contribution < 1.29 is 9.53 Å². The first-order valence-corrected chi connectivity index (χ1v) is 8.45. The normalized spacial score (nSPS) is 17.3. The summed E-state index contributed by atoms with van der Waals surface area (Å²) in [6, 6.07) is 8.18. The number of ether oxygens (including phenoxy) is 1. The number of likely N-dealkylation sites (N-methyl/N-ethyl adjacent to an activating group) is 1. The molecule has 1 aliphatic rings. The van der Waals surface area contributed by atoms with Crippen LogP contribution in [0.1, 0.15) is 11.5 Å². The van der Waals surface area contributed by atoms with Crippen LogP contribution in [0, 0.1) is 0 Å². The molecule has 1 heterocycles. The van der Waals surface area contributed by atoms with Gasteiger partial charge in [-0.3, -0.25) is 4.79 Å². The molecule has 0 aromatic heterocycles. The standard InChI is InChI=1S/C14H18BrNO2S/c1-16(7-9-18-8-6-15)14(17)12-10-19-13-5-3-2-4-11(12)13/h2-5,12H,6-10H2,1H3. The summed E-state index contributed by atoms with van der Waals surface area (Å²) in [5, 5.41) is 0.831. The van der Waals surface area contributed by atoms with E-state index in [0.717, 1.165) is 11.1 Å². The number of benzene rings is 1. The van der Waals surface area contributed by atoms with Crippen molar-refractivity contribution in [1.29, 1.82) is 0 Å². The summed E-state index contributed by atoms with van der Waals surface area (Å²) in [6.07, 6.45) is 0. The zero-order valence-electron chi connectivity index (χ0n) is 11.0. The number of carbonyl (C=O) groups is 1. The lowest BCUT2D eigenvalue weighted by Crippen LogP contribution is -2.34. The molecule has 0 saturated heterocycles. The number of alkyl halides is 1. The van der Waals surface area contributed by atoms with E-state index in [1.807, 2.05) is 19.2 Å². The quantitative estimate of drug-likeness (QED) is 0.587. The summed E-state index contributed by atoms with van der Waals surface area (Å²) in [4.78, 5) is 15.4. The van der Waals surface area contributed by atoms with Crippen molar-refractivity contribution in [2.24, 2.45) is 0 Å². The molecule has 1 amide bonds. The zero-order valence-corrected chi connectivity index (χ0v) is 13.4. The van der Waals surface area contributed by atoms with Crippen LogP contribution in [0.4, 0.5) is 0 Å². The lowest BCUT2D eigenvalue weighted by atomic mass is 10.00. The fourth-order valence-electron chi connectivity index (χ4n) is 2.10. The number of halogens is 1. The van der Waals surface area contributed by atoms with Gasteiger partial charge >= 0.3 is 0 Å². The van der Waals surface area contributed by atoms with Gasteiger partial charge < -0.3 is 9.64 Å². The summed E-state index contributed by atoms with van der Waals surface area (Å²) in [5.74, 6) is 1.05. The molecule has 0 aliphatic carbocycles. The van der Waals surface area contributed by atoms with Crippen LogP contribution in [0.25, 0.3) is 0 Å². The van der Waals surface area contributed by atoms with Crippen LogP contribution in [0.3, 0.4) is 0 Å². The number of amides is 1. The van der Waals surface area contributed by atoms with Gasteiger partial charge in [0.05, 0.1) is 19.1 Å². The molecule has 1 unspecified atom stereocenters. The lowest BCUT2D eigenvalue weighted by molar-refractivity contribution is -0.131. The summed E-state index contributed by atoms with van der Waals surface area (Å²) >= 11 is 5.08. The van der Waals surface area contributed by atoms with Gasteiger partial charge in [0.25, 0.3) is 0 Å². The Balaban J connectivity index is 1.90. The van der Waals surface area contributed by atoms with E-state index < -0.39 is 0 Å². The molecule has 19 heavy (non-hydrogen) atoms. The predicted octanol–water partition coefficient (Wildman–Crippen LogP) is 2.75. The van der Waals surface area contributed by atoms with Crippen LogP contribution in [0.15, 0.2) is 29.2 Å². The van der Waals surface area contributed by atoms with Gasteiger partial charge in [0.15, 0.2) is 0 Å². The van der Waals surface area contributed by atoms with Crippen LogP contribution in [0.5, 0.6) is 0 Å². The minimum atomic E-state index is 0.00220. The highest BCUT2D eigenvalue weighted by Gasteiger charge is 2.30. The second kappa shape index (κ2) is 7.31. The smallest absolute Gasteiger partial charge is 0.230 e. The number of hydrogen-bond donors (Lipinski definition) is 0. The van der Waals surface area contributed by atoms with E-state index in [1.54, 1.807) is 16.7 Å². The van der Waals surface area contributed by atoms with Crippen molar-refractivity contribution in [2.45, 2.75) is 10.8 Å². The van der Waals surface area contributed by atoms with Crippen LogP contribution in [-0.2, 0) is 9.53 Å². The SMILES string of the molecule is CN(CCOCCBr)C(=O)C1CSc2ccccc21. The number of thioether (sulfide) groups is 1. The van der Waals surface area contributed by atoms with Crippen molar-refractivity contribution >= 4 is 33.6 Å². The van der Waals surface area contributed by atoms with Gasteiger partial charge in [-0.05, 0) is 11.6 Å².